The predicted octanol–water partition coefficient (Wildman–Crippen LogP) is 2.57. The smallest absolute Gasteiger partial charge is 0.122 e. The molecule has 16 heavy (non-hydrogen) atoms. The second-order valence-corrected chi connectivity index (χ2v) is 4.33. The highest BCUT2D eigenvalue weighted by Gasteiger charge is 2.21. The molecule has 2 N–H and O–H groups in total. The summed E-state index contributed by atoms with van der Waals surface area (Å²) in [5, 5.41) is 0. The van der Waals surface area contributed by atoms with Gasteiger partial charge in [-0.15, -0.1) is 0 Å². The van der Waals surface area contributed by atoms with Crippen molar-refractivity contribution in [3.63, 3.8) is 0 Å². The van der Waals surface area contributed by atoms with Gasteiger partial charge < -0.3 is 10.2 Å². The number of hydrogen-bond acceptors (Lipinski definition) is 3. The molecule has 0 aliphatic rings. The topological polar surface area (TPSA) is 42.4 Å². The molecule has 3 heteroatoms. The third kappa shape index (κ3) is 2.86. The Labute approximate surface area is 98.6 Å². The van der Waals surface area contributed by atoms with E-state index in [0.717, 1.165) is 24.4 Å². The second kappa shape index (κ2) is 6.06. The van der Waals surface area contributed by atoms with Gasteiger partial charge in [0, 0.05) is 19.0 Å². The van der Waals surface area contributed by atoms with Gasteiger partial charge in [0.05, 0.1) is 6.04 Å². The maximum Gasteiger partial charge on any atom is 0.122 e. The molecule has 1 heterocycles. The van der Waals surface area contributed by atoms with Crippen LogP contribution in [0.5, 0.6) is 0 Å². The maximum atomic E-state index is 5.85. The highest BCUT2D eigenvalue weighted by atomic mass is 16.3. The Hall–Kier alpha value is -0.800. The molecule has 0 fully saturated rings. The van der Waals surface area contributed by atoms with E-state index in [1.807, 2.05) is 6.07 Å². The lowest BCUT2D eigenvalue weighted by Crippen LogP contribution is -2.36. The van der Waals surface area contributed by atoms with Gasteiger partial charge in [-0.25, -0.2) is 0 Å². The van der Waals surface area contributed by atoms with E-state index in [2.05, 4.69) is 38.8 Å². The van der Waals surface area contributed by atoms with E-state index in [1.165, 1.54) is 0 Å². The molecular weight excluding hydrogens is 200 g/mol. The van der Waals surface area contributed by atoms with Crippen LogP contribution in [-0.4, -0.2) is 24.5 Å². The number of aryl methyl sites for hydroxylation is 1. The maximum absolute atomic E-state index is 5.85. The highest BCUT2D eigenvalue weighted by Crippen LogP contribution is 2.23. The summed E-state index contributed by atoms with van der Waals surface area (Å²) in [4.78, 5) is 2.29. The summed E-state index contributed by atoms with van der Waals surface area (Å²) in [6, 6.07) is 4.80. The zero-order chi connectivity index (χ0) is 12.1. The first-order valence-electron chi connectivity index (χ1n) is 6.14. The Morgan fingerprint density at radius 2 is 2.06 bits per heavy atom. The lowest BCUT2D eigenvalue weighted by molar-refractivity contribution is 0.163. The van der Waals surface area contributed by atoms with Crippen LogP contribution in [0.1, 0.15) is 44.8 Å². The van der Waals surface area contributed by atoms with Crippen molar-refractivity contribution in [3.8, 4) is 0 Å². The summed E-state index contributed by atoms with van der Waals surface area (Å²) < 4.78 is 5.78. The number of rotatable bonds is 6. The summed E-state index contributed by atoms with van der Waals surface area (Å²) in [5.41, 5.74) is 5.85. The molecule has 0 saturated heterocycles. The monoisotopic (exact) mass is 224 g/mol. The number of nitrogens with two attached hydrogens (primary N) is 1. The first-order valence-corrected chi connectivity index (χ1v) is 6.14. The molecular formula is C13H24N2O. The van der Waals surface area contributed by atoms with Crippen molar-refractivity contribution in [1.29, 1.82) is 0 Å². The molecule has 2 atom stereocenters. The molecule has 0 aliphatic heterocycles. The van der Waals surface area contributed by atoms with E-state index >= 15 is 0 Å². The van der Waals surface area contributed by atoms with Crippen LogP contribution in [0.2, 0.25) is 0 Å². The lowest BCUT2D eigenvalue weighted by Gasteiger charge is -2.30. The van der Waals surface area contributed by atoms with Gasteiger partial charge in [-0.1, -0.05) is 13.8 Å². The Morgan fingerprint density at radius 3 is 2.50 bits per heavy atom. The van der Waals surface area contributed by atoms with E-state index in [9.17, 15) is 0 Å². The molecule has 0 radical (unpaired) electrons. The van der Waals surface area contributed by atoms with Crippen LogP contribution in [0, 0.1) is 0 Å². The molecule has 0 amide bonds. The molecule has 0 bridgehead atoms. The van der Waals surface area contributed by atoms with Crippen molar-refractivity contribution < 1.29 is 4.42 Å². The molecule has 0 saturated carbocycles. The van der Waals surface area contributed by atoms with Gasteiger partial charge >= 0.3 is 0 Å². The molecule has 2 unspecified atom stereocenters. The second-order valence-electron chi connectivity index (χ2n) is 4.33. The van der Waals surface area contributed by atoms with Gasteiger partial charge in [0.25, 0.3) is 0 Å². The summed E-state index contributed by atoms with van der Waals surface area (Å²) in [5.74, 6) is 2.02. The Balaban J connectivity index is 2.80. The fraction of sp³-hybridized carbons (Fsp3) is 0.692. The standard InChI is InChI=1S/C13H24N2O/c1-5-10(3)15(4)12(9-14)13-8-7-11(6-2)16-13/h7-8,10,12H,5-6,9,14H2,1-4H3. The van der Waals surface area contributed by atoms with Gasteiger partial charge in [-0.3, -0.25) is 4.90 Å². The third-order valence-electron chi connectivity index (χ3n) is 3.36. The van der Waals surface area contributed by atoms with Gasteiger partial charge in [-0.2, -0.15) is 0 Å². The summed E-state index contributed by atoms with van der Waals surface area (Å²) in [7, 11) is 2.11. The van der Waals surface area contributed by atoms with E-state index in [1.54, 1.807) is 0 Å². The van der Waals surface area contributed by atoms with Crippen molar-refractivity contribution in [3.05, 3.63) is 23.7 Å². The van der Waals surface area contributed by atoms with Crippen LogP contribution in [0.25, 0.3) is 0 Å². The Kier molecular flexibility index (Phi) is 5.03. The molecule has 0 spiro atoms. The van der Waals surface area contributed by atoms with Gasteiger partial charge in [0.1, 0.15) is 11.5 Å². The van der Waals surface area contributed by atoms with Crippen LogP contribution in [-0.2, 0) is 6.42 Å². The number of nitrogens with zero attached hydrogens (tertiary/aromatic N) is 1. The fourth-order valence-electron chi connectivity index (χ4n) is 1.84. The fourth-order valence-corrected chi connectivity index (χ4v) is 1.84. The number of likely N-dealkylation sites (N-methyl/N-ethyl adjacent to an activating group) is 1. The normalized spacial score (nSPS) is 15.4. The minimum absolute atomic E-state index is 0.190. The first kappa shape index (κ1) is 13.3. The molecule has 0 aliphatic carbocycles. The average molecular weight is 224 g/mol. The first-order chi connectivity index (χ1) is 7.63. The van der Waals surface area contributed by atoms with Crippen molar-refractivity contribution in [2.75, 3.05) is 13.6 Å². The highest BCUT2D eigenvalue weighted by molar-refractivity contribution is 5.11. The zero-order valence-electron chi connectivity index (χ0n) is 10.9. The van der Waals surface area contributed by atoms with Crippen LogP contribution in [0.4, 0.5) is 0 Å². The van der Waals surface area contributed by atoms with Crippen LogP contribution < -0.4 is 5.73 Å². The molecule has 3 nitrogen and oxygen atoms in total. The van der Waals surface area contributed by atoms with Crippen molar-refractivity contribution >= 4 is 0 Å². The molecule has 92 valence electrons. The lowest BCUT2D eigenvalue weighted by atomic mass is 10.1. The van der Waals surface area contributed by atoms with Gasteiger partial charge in [0.15, 0.2) is 0 Å². The van der Waals surface area contributed by atoms with E-state index in [0.29, 0.717) is 12.6 Å². The largest absolute Gasteiger partial charge is 0.464 e. The van der Waals surface area contributed by atoms with Crippen molar-refractivity contribution in [1.82, 2.24) is 4.90 Å². The summed E-state index contributed by atoms with van der Waals surface area (Å²) in [6.07, 6.45) is 2.05. The minimum atomic E-state index is 0.190. The summed E-state index contributed by atoms with van der Waals surface area (Å²) in [6.45, 7) is 7.09. The summed E-state index contributed by atoms with van der Waals surface area (Å²) >= 11 is 0. The molecule has 0 aromatic carbocycles. The molecule has 1 aromatic rings. The minimum Gasteiger partial charge on any atom is -0.464 e. The predicted molar refractivity (Wildman–Crippen MR) is 67.4 cm³/mol. The average Bonchev–Trinajstić information content (AvgIpc) is 2.77. The van der Waals surface area contributed by atoms with Gasteiger partial charge in [0.2, 0.25) is 0 Å². The van der Waals surface area contributed by atoms with Crippen LogP contribution >= 0.6 is 0 Å². The quantitative estimate of drug-likeness (QED) is 0.807. The Morgan fingerprint density at radius 1 is 1.38 bits per heavy atom. The third-order valence-corrected chi connectivity index (χ3v) is 3.36. The van der Waals surface area contributed by atoms with E-state index in [4.69, 9.17) is 10.2 Å². The molecule has 1 aromatic heterocycles. The van der Waals surface area contributed by atoms with Gasteiger partial charge in [-0.05, 0) is 32.5 Å². The van der Waals surface area contributed by atoms with Crippen molar-refractivity contribution in [2.45, 2.75) is 45.7 Å². The zero-order valence-corrected chi connectivity index (χ0v) is 10.9. The van der Waals surface area contributed by atoms with Crippen LogP contribution in [0.3, 0.4) is 0 Å². The van der Waals surface area contributed by atoms with E-state index < -0.39 is 0 Å². The van der Waals surface area contributed by atoms with Crippen LogP contribution in [0.15, 0.2) is 16.5 Å². The number of furan rings is 1. The van der Waals surface area contributed by atoms with Crippen molar-refractivity contribution in [2.24, 2.45) is 5.73 Å². The Bertz CT molecular complexity index is 309. The molecule has 1 rings (SSSR count). The van der Waals surface area contributed by atoms with E-state index in [-0.39, 0.29) is 6.04 Å². The number of hydrogen-bond donors (Lipinski definition) is 1. The SMILES string of the molecule is CCc1ccc(C(CN)N(C)C(C)CC)o1.